The van der Waals surface area contributed by atoms with E-state index in [0.717, 1.165) is 32.8 Å². The van der Waals surface area contributed by atoms with Crippen molar-refractivity contribution in [2.24, 2.45) is 0 Å². The van der Waals surface area contributed by atoms with Crippen LogP contribution in [0.25, 0.3) is 5.52 Å². The second-order valence-corrected chi connectivity index (χ2v) is 7.71. The van der Waals surface area contributed by atoms with Crippen LogP contribution in [-0.4, -0.2) is 14.6 Å². The Kier molecular flexibility index (Phi) is 5.53. The second kappa shape index (κ2) is 8.21. The summed E-state index contributed by atoms with van der Waals surface area (Å²) in [5.74, 6) is 1.55. The maximum Gasteiger partial charge on any atom is 0.194 e. The number of ether oxygens (including phenoxy) is 1. The Labute approximate surface area is 171 Å². The molecule has 136 valence electrons. The van der Waals surface area contributed by atoms with E-state index in [0.29, 0.717) is 11.6 Å². The number of benzene rings is 2. The van der Waals surface area contributed by atoms with Crippen LogP contribution in [0.2, 0.25) is 10.0 Å². The molecule has 4 aromatic rings. The van der Waals surface area contributed by atoms with E-state index in [2.05, 4.69) is 10.2 Å². The highest BCUT2D eigenvalue weighted by Gasteiger charge is 2.10. The number of aromatic nitrogens is 3. The average molecular weight is 416 g/mol. The average Bonchev–Trinajstić information content (AvgIpc) is 3.11. The Hall–Kier alpha value is -2.21. The zero-order valence-corrected chi connectivity index (χ0v) is 16.5. The molecule has 0 aliphatic rings. The van der Waals surface area contributed by atoms with E-state index >= 15 is 0 Å². The minimum atomic E-state index is 0.465. The van der Waals surface area contributed by atoms with Crippen molar-refractivity contribution in [2.45, 2.75) is 17.5 Å². The molecule has 0 aliphatic carbocycles. The van der Waals surface area contributed by atoms with Gasteiger partial charge in [-0.05, 0) is 41.5 Å². The molecule has 0 aliphatic heterocycles. The molecule has 2 aromatic carbocycles. The highest BCUT2D eigenvalue weighted by Crippen LogP contribution is 2.27. The van der Waals surface area contributed by atoms with Gasteiger partial charge in [-0.2, -0.15) is 5.10 Å². The smallest absolute Gasteiger partial charge is 0.194 e. The fraction of sp³-hybridized carbons (Fsp3) is 0.100. The van der Waals surface area contributed by atoms with E-state index in [1.165, 1.54) is 5.56 Å². The molecule has 0 atom stereocenters. The third-order valence-electron chi connectivity index (χ3n) is 4.01. The fourth-order valence-electron chi connectivity index (χ4n) is 2.59. The predicted molar refractivity (Wildman–Crippen MR) is 110 cm³/mol. The van der Waals surface area contributed by atoms with Gasteiger partial charge in [-0.1, -0.05) is 59.2 Å². The van der Waals surface area contributed by atoms with Gasteiger partial charge in [0.05, 0.1) is 6.20 Å². The molecular formula is C20H15Cl2N3OS. The molecule has 4 nitrogen and oxygen atoms in total. The molecule has 0 N–H and O–H groups in total. The van der Waals surface area contributed by atoms with Crippen molar-refractivity contribution in [3.63, 3.8) is 0 Å². The maximum atomic E-state index is 5.96. The van der Waals surface area contributed by atoms with Crippen molar-refractivity contribution in [2.75, 3.05) is 0 Å². The lowest BCUT2D eigenvalue weighted by Gasteiger charge is -2.07. The Morgan fingerprint density at radius 1 is 0.889 bits per heavy atom. The van der Waals surface area contributed by atoms with E-state index in [1.54, 1.807) is 18.0 Å². The molecule has 0 radical (unpaired) electrons. The molecule has 2 heterocycles. The number of thioether (sulfide) groups is 1. The van der Waals surface area contributed by atoms with Gasteiger partial charge in [0.15, 0.2) is 5.16 Å². The highest BCUT2D eigenvalue weighted by atomic mass is 35.5. The van der Waals surface area contributed by atoms with Gasteiger partial charge in [0, 0.05) is 22.0 Å². The highest BCUT2D eigenvalue weighted by molar-refractivity contribution is 7.98. The molecule has 4 rings (SSSR count). The van der Waals surface area contributed by atoms with E-state index in [4.69, 9.17) is 27.9 Å². The van der Waals surface area contributed by atoms with Crippen molar-refractivity contribution in [1.29, 1.82) is 0 Å². The first-order valence-electron chi connectivity index (χ1n) is 8.26. The summed E-state index contributed by atoms with van der Waals surface area (Å²) in [4.78, 5) is 0. The van der Waals surface area contributed by atoms with E-state index in [1.807, 2.05) is 65.2 Å². The zero-order valence-electron chi connectivity index (χ0n) is 14.2. The summed E-state index contributed by atoms with van der Waals surface area (Å²) in [7, 11) is 0. The SMILES string of the molecule is Clc1ccc(COc2ccn3c(SCc4ccc(Cl)cc4)nncc23)cc1. The number of rotatable bonds is 6. The van der Waals surface area contributed by atoms with Crippen molar-refractivity contribution >= 4 is 40.5 Å². The van der Waals surface area contributed by atoms with Gasteiger partial charge in [-0.25, -0.2) is 0 Å². The molecule has 2 aromatic heterocycles. The van der Waals surface area contributed by atoms with Crippen LogP contribution in [0.15, 0.2) is 72.1 Å². The van der Waals surface area contributed by atoms with Crippen molar-refractivity contribution in [1.82, 2.24) is 14.6 Å². The first-order valence-corrected chi connectivity index (χ1v) is 10.0. The number of nitrogens with zero attached hydrogens (tertiary/aromatic N) is 3. The number of hydrogen-bond donors (Lipinski definition) is 0. The van der Waals surface area contributed by atoms with Crippen molar-refractivity contribution < 1.29 is 4.74 Å². The van der Waals surface area contributed by atoms with E-state index < -0.39 is 0 Å². The van der Waals surface area contributed by atoms with Gasteiger partial charge in [-0.3, -0.25) is 4.40 Å². The Morgan fingerprint density at radius 3 is 2.26 bits per heavy atom. The molecule has 0 saturated heterocycles. The van der Waals surface area contributed by atoms with Crippen LogP contribution < -0.4 is 4.74 Å². The summed E-state index contributed by atoms with van der Waals surface area (Å²) in [6, 6.07) is 17.4. The Balaban J connectivity index is 1.49. The Bertz CT molecular complexity index is 1050. The lowest BCUT2D eigenvalue weighted by atomic mass is 10.2. The normalized spacial score (nSPS) is 11.0. The molecule has 0 spiro atoms. The van der Waals surface area contributed by atoms with Gasteiger partial charge in [-0.15, -0.1) is 5.10 Å². The second-order valence-electron chi connectivity index (χ2n) is 5.89. The summed E-state index contributed by atoms with van der Waals surface area (Å²) in [6.45, 7) is 0.465. The van der Waals surface area contributed by atoms with Crippen LogP contribution in [0.1, 0.15) is 11.1 Å². The minimum absolute atomic E-state index is 0.465. The van der Waals surface area contributed by atoms with Crippen molar-refractivity contribution in [3.8, 4) is 5.75 Å². The van der Waals surface area contributed by atoms with E-state index in [9.17, 15) is 0 Å². The largest absolute Gasteiger partial charge is 0.487 e. The maximum absolute atomic E-state index is 5.96. The number of hydrogen-bond acceptors (Lipinski definition) is 4. The molecule has 0 unspecified atom stereocenters. The molecule has 27 heavy (non-hydrogen) atoms. The first-order chi connectivity index (χ1) is 13.2. The molecule has 0 bridgehead atoms. The van der Waals surface area contributed by atoms with E-state index in [-0.39, 0.29) is 0 Å². The summed E-state index contributed by atoms with van der Waals surface area (Å²) < 4.78 is 7.95. The topological polar surface area (TPSA) is 39.4 Å². The van der Waals surface area contributed by atoms with Gasteiger partial charge >= 0.3 is 0 Å². The standard InChI is InChI=1S/C20H15Cl2N3OS/c21-16-5-1-14(2-6-16)12-26-19-9-10-25-18(19)11-23-24-20(25)27-13-15-3-7-17(22)8-4-15/h1-11H,12-13H2. The quantitative estimate of drug-likeness (QED) is 0.367. The summed E-state index contributed by atoms with van der Waals surface area (Å²) in [6.07, 6.45) is 3.66. The van der Waals surface area contributed by atoms with Gasteiger partial charge in [0.2, 0.25) is 0 Å². The third kappa shape index (κ3) is 4.38. The monoisotopic (exact) mass is 415 g/mol. The predicted octanol–water partition coefficient (Wildman–Crippen LogP) is 5.91. The van der Waals surface area contributed by atoms with Crippen LogP contribution in [-0.2, 0) is 12.4 Å². The molecular weight excluding hydrogens is 401 g/mol. The van der Waals surface area contributed by atoms with Gasteiger partial charge in [0.25, 0.3) is 0 Å². The van der Waals surface area contributed by atoms with Crippen LogP contribution in [0, 0.1) is 0 Å². The van der Waals surface area contributed by atoms with Crippen LogP contribution in [0.4, 0.5) is 0 Å². The molecule has 7 heteroatoms. The Morgan fingerprint density at radius 2 is 1.56 bits per heavy atom. The fourth-order valence-corrected chi connectivity index (χ4v) is 3.73. The lowest BCUT2D eigenvalue weighted by Crippen LogP contribution is -1.98. The third-order valence-corrected chi connectivity index (χ3v) is 5.52. The first kappa shape index (κ1) is 18.2. The van der Waals surface area contributed by atoms with Crippen LogP contribution >= 0.6 is 35.0 Å². The summed E-state index contributed by atoms with van der Waals surface area (Å²) >= 11 is 13.5. The molecule has 0 saturated carbocycles. The van der Waals surface area contributed by atoms with Crippen LogP contribution in [0.3, 0.4) is 0 Å². The lowest BCUT2D eigenvalue weighted by molar-refractivity contribution is 0.310. The summed E-state index contributed by atoms with van der Waals surface area (Å²) in [5.41, 5.74) is 3.12. The van der Waals surface area contributed by atoms with Gasteiger partial charge < -0.3 is 4.74 Å². The van der Waals surface area contributed by atoms with Crippen molar-refractivity contribution in [3.05, 3.63) is 88.2 Å². The molecule has 0 fully saturated rings. The summed E-state index contributed by atoms with van der Waals surface area (Å²) in [5, 5.41) is 10.6. The number of halogens is 2. The van der Waals surface area contributed by atoms with Gasteiger partial charge in [0.1, 0.15) is 17.9 Å². The molecule has 0 amide bonds. The number of fused-ring (bicyclic) bond motifs is 1. The zero-order chi connectivity index (χ0) is 18.6. The minimum Gasteiger partial charge on any atom is -0.487 e. The van der Waals surface area contributed by atoms with Crippen LogP contribution in [0.5, 0.6) is 5.75 Å².